The zero-order chi connectivity index (χ0) is 68.7. The second-order valence-electron chi connectivity index (χ2n) is 32.2. The van der Waals surface area contributed by atoms with Gasteiger partial charge in [-0.3, -0.25) is 9.98 Å². The van der Waals surface area contributed by atoms with E-state index >= 15 is 0 Å². The normalized spacial score (nSPS) is 14.0. The van der Waals surface area contributed by atoms with Crippen molar-refractivity contribution in [3.05, 3.63) is 149 Å². The van der Waals surface area contributed by atoms with E-state index in [9.17, 15) is 10.2 Å². The molecule has 4 aromatic rings. The zero-order valence-electron chi connectivity index (χ0n) is 63.3. The Bertz CT molecular complexity index is 2210. The van der Waals surface area contributed by atoms with Crippen LogP contribution in [0.15, 0.2) is 107 Å². The summed E-state index contributed by atoms with van der Waals surface area (Å²) < 4.78 is 29.2. The standard InChI is InChI=1S/2C19H23NO.4C6H18NSi2.2C4H8O.2Eu/c2*1-13(2)16-11-8-12-17(14(3)4)18(16)20-19(21)15-9-6-5-7-10-15;4*1-8(2,3)7-9(4,5)6;2*1-2-4-5-3-1;;/h2*5-14H,1-4H3,(H,20,21);4*1-6H3;2*1-4H2;;/q;;4*-1;;;2*+3/p-2. The number of para-hydroxylation sites is 2. The summed E-state index contributed by atoms with van der Waals surface area (Å²) in [6.07, 6.45) is 5.11. The fraction of sp³-hybridized carbons (Fsp3) is 0.629. The van der Waals surface area contributed by atoms with Gasteiger partial charge in [-0.25, -0.2) is 0 Å². The largest absolute Gasteiger partial charge is 3.00 e. The molecule has 512 valence electrons. The van der Waals surface area contributed by atoms with Gasteiger partial charge in [0.25, 0.3) is 0 Å². The average Bonchev–Trinajstić information content (AvgIpc) is 4.13. The van der Waals surface area contributed by atoms with Gasteiger partial charge in [0.2, 0.25) is 0 Å². The summed E-state index contributed by atoms with van der Waals surface area (Å²) >= 11 is 0. The predicted octanol–water partition coefficient (Wildman–Crippen LogP) is 22.5. The molecule has 10 nitrogen and oxygen atoms in total. The van der Waals surface area contributed by atoms with Crippen LogP contribution in [0.2, 0.25) is 157 Å². The molecule has 2 aliphatic rings. The third-order valence-electron chi connectivity index (χ3n) is 11.5. The fourth-order valence-electron chi connectivity index (χ4n) is 9.82. The second-order valence-corrected chi connectivity index (χ2v) is 70.5. The first-order chi connectivity index (χ1) is 39.8. The van der Waals surface area contributed by atoms with Crippen molar-refractivity contribution in [1.82, 2.24) is 0 Å². The van der Waals surface area contributed by atoms with Gasteiger partial charge in [0.15, 0.2) is 0 Å². The quantitative estimate of drug-likeness (QED) is 0.0624. The summed E-state index contributed by atoms with van der Waals surface area (Å²) in [6.45, 7) is 76.2. The van der Waals surface area contributed by atoms with Crippen LogP contribution in [0.5, 0.6) is 0 Å². The molecule has 0 aromatic heterocycles. The minimum atomic E-state index is -1.11. The monoisotopic (exact) mass is 1650 g/mol. The van der Waals surface area contributed by atoms with Crippen molar-refractivity contribution in [3.63, 3.8) is 0 Å². The van der Waals surface area contributed by atoms with Crippen molar-refractivity contribution in [1.29, 1.82) is 0 Å². The third kappa shape index (κ3) is 55.5. The van der Waals surface area contributed by atoms with Crippen LogP contribution in [0.3, 0.4) is 0 Å². The maximum atomic E-state index is 12.4. The van der Waals surface area contributed by atoms with E-state index in [1.807, 2.05) is 36.4 Å². The molecule has 0 aliphatic carbocycles. The number of hydrogen-bond acceptors (Lipinski definition) is 6. The fourth-order valence-corrected chi connectivity index (χ4v) is 42.0. The molecule has 0 bridgehead atoms. The van der Waals surface area contributed by atoms with Gasteiger partial charge in [0.1, 0.15) is 0 Å². The zero-order valence-corrected chi connectivity index (χ0v) is 76.1. The van der Waals surface area contributed by atoms with Crippen LogP contribution >= 0.6 is 0 Å². The summed E-state index contributed by atoms with van der Waals surface area (Å²) in [5, 5.41) is 24.8. The van der Waals surface area contributed by atoms with Crippen molar-refractivity contribution in [2.45, 2.75) is 262 Å². The molecular formula is C70H132Eu2N6O4Si8. The van der Waals surface area contributed by atoms with Crippen LogP contribution in [0.4, 0.5) is 11.4 Å². The smallest absolute Gasteiger partial charge is 0.858 e. The molecule has 0 radical (unpaired) electrons. The summed E-state index contributed by atoms with van der Waals surface area (Å²) in [5.41, 5.74) is 7.47. The van der Waals surface area contributed by atoms with Crippen molar-refractivity contribution >= 4 is 89.1 Å². The molecule has 0 atom stereocenters. The van der Waals surface area contributed by atoms with E-state index in [0.29, 0.717) is 34.8 Å². The molecule has 6 rings (SSSR count). The van der Waals surface area contributed by atoms with E-state index in [-0.39, 0.29) is 111 Å². The molecule has 0 N–H and O–H groups in total. The molecule has 2 heterocycles. The minimum Gasteiger partial charge on any atom is -0.858 e. The van der Waals surface area contributed by atoms with Gasteiger partial charge in [-0.05, 0) is 94.5 Å². The van der Waals surface area contributed by atoms with E-state index in [2.05, 4.69) is 259 Å². The summed E-state index contributed by atoms with van der Waals surface area (Å²) in [7, 11) is -8.85. The summed E-state index contributed by atoms with van der Waals surface area (Å²) in [6, 6.07) is 30.8. The summed E-state index contributed by atoms with van der Waals surface area (Å²) in [5.74, 6) is 1.00. The first kappa shape index (κ1) is 96.9. The molecule has 2 aliphatic heterocycles. The molecule has 2 saturated heterocycles. The van der Waals surface area contributed by atoms with Crippen molar-refractivity contribution in [3.8, 4) is 0 Å². The number of benzene rings is 4. The predicted molar refractivity (Wildman–Crippen MR) is 415 cm³/mol. The van der Waals surface area contributed by atoms with Crippen LogP contribution in [-0.4, -0.2) is 104 Å². The number of nitrogens with zero attached hydrogens (tertiary/aromatic N) is 6. The molecule has 2 fully saturated rings. The third-order valence-corrected chi connectivity index (χ3v) is 33.0. The van der Waals surface area contributed by atoms with Crippen molar-refractivity contribution in [2.75, 3.05) is 26.4 Å². The van der Waals surface area contributed by atoms with Gasteiger partial charge in [-0.1, -0.05) is 375 Å². The Morgan fingerprint density at radius 1 is 0.311 bits per heavy atom. The van der Waals surface area contributed by atoms with E-state index in [4.69, 9.17) is 28.1 Å². The molecular weight excluding hydrogens is 1520 g/mol. The first-order valence-electron chi connectivity index (χ1n) is 32.8. The van der Waals surface area contributed by atoms with Gasteiger partial charge >= 0.3 is 98.8 Å². The van der Waals surface area contributed by atoms with E-state index < -0.39 is 65.9 Å². The van der Waals surface area contributed by atoms with Crippen LogP contribution in [0.25, 0.3) is 18.6 Å². The molecule has 4 aromatic carbocycles. The first-order valence-corrected chi connectivity index (χ1v) is 60.4. The van der Waals surface area contributed by atoms with Gasteiger partial charge in [-0.2, -0.15) is 0 Å². The van der Waals surface area contributed by atoms with Crippen LogP contribution < -0.4 is 10.2 Å². The Hall–Kier alpha value is 0.484. The van der Waals surface area contributed by atoms with Gasteiger partial charge in [0.05, 0.1) is 11.4 Å². The average molecular weight is 1650 g/mol. The molecule has 20 heteroatoms. The second kappa shape index (κ2) is 46.7. The Kier molecular flexibility index (Phi) is 50.3. The summed E-state index contributed by atoms with van der Waals surface area (Å²) in [4.78, 5) is 8.87. The molecule has 0 amide bonds. The van der Waals surface area contributed by atoms with Crippen LogP contribution in [0.1, 0.15) is 138 Å². The Morgan fingerprint density at radius 2 is 0.489 bits per heavy atom. The Morgan fingerprint density at radius 3 is 0.611 bits per heavy atom. The number of hydrogen-bond donors (Lipinski definition) is 0. The maximum absolute atomic E-state index is 12.4. The number of rotatable bonds is 16. The van der Waals surface area contributed by atoms with Crippen LogP contribution in [0, 0.1) is 98.8 Å². The Balaban J connectivity index is -0.000000495. The molecule has 90 heavy (non-hydrogen) atoms. The van der Waals surface area contributed by atoms with Gasteiger partial charge in [0, 0.05) is 26.4 Å². The van der Waals surface area contributed by atoms with Crippen molar-refractivity contribution < 1.29 is 118 Å². The van der Waals surface area contributed by atoms with Gasteiger partial charge < -0.3 is 38.3 Å². The van der Waals surface area contributed by atoms with E-state index in [0.717, 1.165) is 60.1 Å². The molecule has 0 saturated carbocycles. The SMILES string of the molecule is C1CCOC1.C1CCOC1.CC(C)c1cccc(C(C)C)c1N=C([O-])c1ccccc1.CC(C)c1cccc(C(C)C)c1N=C([O-])c1ccccc1.C[Si](C)(C)[N-][Si](C)(C)C.C[Si](C)(C)[N-][Si](C)(C)C.C[Si](C)(C)[N-][Si](C)(C)C.C[Si](C)(C)[N-][Si](C)(C)C.[Eu+3].[Eu+3]. The van der Waals surface area contributed by atoms with Crippen LogP contribution in [-0.2, 0) is 9.47 Å². The Labute approximate surface area is 646 Å². The number of aliphatic imine (C=N–C) groups is 2. The van der Waals surface area contributed by atoms with Gasteiger partial charge in [-0.15, -0.1) is 0 Å². The molecule has 0 unspecified atom stereocenters. The maximum Gasteiger partial charge on any atom is 3.00 e. The minimum absolute atomic E-state index is 0. The topological polar surface area (TPSA) is 146 Å². The number of ether oxygens (including phenoxy) is 2. The molecule has 0 spiro atoms. The van der Waals surface area contributed by atoms with E-state index in [1.165, 1.54) is 25.7 Å². The van der Waals surface area contributed by atoms with E-state index in [1.54, 1.807) is 24.3 Å². The van der Waals surface area contributed by atoms with Crippen molar-refractivity contribution in [2.24, 2.45) is 9.98 Å².